The van der Waals surface area contributed by atoms with Crippen LogP contribution in [0.4, 0.5) is 0 Å². The molecule has 0 atom stereocenters. The molecule has 0 fully saturated rings. The summed E-state index contributed by atoms with van der Waals surface area (Å²) in [6.07, 6.45) is 1.09. The highest BCUT2D eigenvalue weighted by Gasteiger charge is 2.15. The molecule has 4 heteroatoms. The summed E-state index contributed by atoms with van der Waals surface area (Å²) in [6, 6.07) is 19.8. The summed E-state index contributed by atoms with van der Waals surface area (Å²) >= 11 is 0. The number of hydrogen-bond donors (Lipinski definition) is 2. The fraction of sp³-hybridized carbons (Fsp3) is 0.200. The molecule has 0 spiro atoms. The molecule has 0 aliphatic carbocycles. The topological polar surface area (TPSA) is 49.7 Å². The number of hydrogen-bond acceptors (Lipinski definition) is 3. The first-order chi connectivity index (χ1) is 9.24. The van der Waals surface area contributed by atoms with Gasteiger partial charge in [-0.15, -0.1) is 0 Å². The third-order valence-corrected chi connectivity index (χ3v) is 3.34. The van der Waals surface area contributed by atoms with Crippen molar-refractivity contribution in [3.8, 4) is 0 Å². The summed E-state index contributed by atoms with van der Waals surface area (Å²) in [5.41, 5.74) is 2.25. The molecule has 0 aromatic heterocycles. The zero-order valence-electron chi connectivity index (χ0n) is 10.5. The van der Waals surface area contributed by atoms with E-state index in [-0.39, 0.29) is 6.10 Å². The van der Waals surface area contributed by atoms with Gasteiger partial charge in [0.2, 0.25) is 0 Å². The molecule has 0 saturated heterocycles. The standard InChI is InChI=1S/C15H17O3P/c16-19(17)18-15(11-13-7-3-1-4-8-13)12-14-9-5-2-6-10-14/h1-10,15-17H,11-12H2. The minimum absolute atomic E-state index is 0.231. The van der Waals surface area contributed by atoms with E-state index in [4.69, 9.17) is 14.3 Å². The van der Waals surface area contributed by atoms with E-state index in [0.717, 1.165) is 11.1 Å². The molecule has 2 N–H and O–H groups in total. The van der Waals surface area contributed by atoms with Crippen LogP contribution in [-0.4, -0.2) is 15.9 Å². The van der Waals surface area contributed by atoms with Crippen molar-refractivity contribution >= 4 is 8.60 Å². The number of rotatable bonds is 6. The predicted octanol–water partition coefficient (Wildman–Crippen LogP) is 3.07. The summed E-state index contributed by atoms with van der Waals surface area (Å²) in [4.78, 5) is 18.2. The van der Waals surface area contributed by atoms with Crippen molar-refractivity contribution in [2.24, 2.45) is 0 Å². The monoisotopic (exact) mass is 276 g/mol. The summed E-state index contributed by atoms with van der Waals surface area (Å²) in [6.45, 7) is 0. The second-order valence-electron chi connectivity index (χ2n) is 4.36. The smallest absolute Gasteiger partial charge is 0.327 e. The van der Waals surface area contributed by atoms with Crippen molar-refractivity contribution in [1.82, 2.24) is 0 Å². The number of benzene rings is 2. The average Bonchev–Trinajstić information content (AvgIpc) is 2.40. The molecule has 0 saturated carbocycles. The molecule has 2 aromatic rings. The van der Waals surface area contributed by atoms with Gasteiger partial charge in [-0.2, -0.15) is 0 Å². The second kappa shape index (κ2) is 7.37. The molecule has 2 rings (SSSR count). The van der Waals surface area contributed by atoms with Gasteiger partial charge in [0, 0.05) is 0 Å². The Morgan fingerprint density at radius 3 is 1.58 bits per heavy atom. The zero-order valence-corrected chi connectivity index (χ0v) is 11.4. The molecular formula is C15H17O3P. The Morgan fingerprint density at radius 2 is 1.21 bits per heavy atom. The summed E-state index contributed by atoms with van der Waals surface area (Å²) in [5.74, 6) is 0. The largest absolute Gasteiger partial charge is 0.328 e. The van der Waals surface area contributed by atoms with Gasteiger partial charge in [-0.05, 0) is 24.0 Å². The average molecular weight is 276 g/mol. The quantitative estimate of drug-likeness (QED) is 0.797. The van der Waals surface area contributed by atoms with Gasteiger partial charge < -0.3 is 14.3 Å². The Morgan fingerprint density at radius 1 is 0.789 bits per heavy atom. The van der Waals surface area contributed by atoms with Gasteiger partial charge in [0.1, 0.15) is 0 Å². The predicted molar refractivity (Wildman–Crippen MR) is 76.5 cm³/mol. The van der Waals surface area contributed by atoms with Gasteiger partial charge in [-0.25, -0.2) is 0 Å². The highest BCUT2D eigenvalue weighted by atomic mass is 31.2. The van der Waals surface area contributed by atoms with Crippen LogP contribution in [0.15, 0.2) is 60.7 Å². The zero-order chi connectivity index (χ0) is 13.5. The van der Waals surface area contributed by atoms with Crippen LogP contribution in [0, 0.1) is 0 Å². The van der Waals surface area contributed by atoms with E-state index < -0.39 is 8.60 Å². The van der Waals surface area contributed by atoms with E-state index in [1.807, 2.05) is 60.7 Å². The Kier molecular flexibility index (Phi) is 5.49. The maximum absolute atomic E-state index is 9.08. The summed E-state index contributed by atoms with van der Waals surface area (Å²) < 4.78 is 5.23. The van der Waals surface area contributed by atoms with E-state index in [0.29, 0.717) is 12.8 Å². The third-order valence-electron chi connectivity index (χ3n) is 2.86. The first-order valence-corrected chi connectivity index (χ1v) is 7.33. The molecule has 0 aliphatic rings. The van der Waals surface area contributed by atoms with E-state index in [1.165, 1.54) is 0 Å². The lowest BCUT2D eigenvalue weighted by Crippen LogP contribution is -2.17. The fourth-order valence-corrected chi connectivity index (χ4v) is 2.45. The van der Waals surface area contributed by atoms with Crippen LogP contribution in [0.5, 0.6) is 0 Å². The van der Waals surface area contributed by atoms with Gasteiger partial charge in [0.15, 0.2) is 0 Å². The molecule has 0 aliphatic heterocycles. The summed E-state index contributed by atoms with van der Waals surface area (Å²) in [7, 11) is -2.33. The van der Waals surface area contributed by atoms with Crippen LogP contribution in [0.2, 0.25) is 0 Å². The maximum Gasteiger partial charge on any atom is 0.327 e. The molecule has 19 heavy (non-hydrogen) atoms. The lowest BCUT2D eigenvalue weighted by atomic mass is 10.0. The molecule has 0 heterocycles. The molecule has 3 nitrogen and oxygen atoms in total. The van der Waals surface area contributed by atoms with E-state index in [1.54, 1.807) is 0 Å². The Balaban J connectivity index is 2.03. The van der Waals surface area contributed by atoms with Crippen molar-refractivity contribution < 1.29 is 14.3 Å². The van der Waals surface area contributed by atoms with Crippen LogP contribution in [0.25, 0.3) is 0 Å². The lowest BCUT2D eigenvalue weighted by molar-refractivity contribution is 0.170. The van der Waals surface area contributed by atoms with E-state index in [2.05, 4.69) is 0 Å². The van der Waals surface area contributed by atoms with E-state index >= 15 is 0 Å². The molecule has 2 aromatic carbocycles. The van der Waals surface area contributed by atoms with Crippen LogP contribution in [0.3, 0.4) is 0 Å². The minimum atomic E-state index is -2.33. The first-order valence-electron chi connectivity index (χ1n) is 6.16. The Bertz CT molecular complexity index is 432. The van der Waals surface area contributed by atoms with Crippen LogP contribution in [0.1, 0.15) is 11.1 Å². The van der Waals surface area contributed by atoms with Gasteiger partial charge >= 0.3 is 8.60 Å². The fourth-order valence-electron chi connectivity index (χ4n) is 2.03. The van der Waals surface area contributed by atoms with Gasteiger partial charge in [0.05, 0.1) is 6.10 Å². The van der Waals surface area contributed by atoms with Crippen LogP contribution < -0.4 is 0 Å². The Hall–Kier alpha value is -1.25. The first kappa shape index (κ1) is 14.2. The van der Waals surface area contributed by atoms with Gasteiger partial charge in [0.25, 0.3) is 0 Å². The van der Waals surface area contributed by atoms with Gasteiger partial charge in [-0.1, -0.05) is 60.7 Å². The second-order valence-corrected chi connectivity index (χ2v) is 5.08. The van der Waals surface area contributed by atoms with Crippen molar-refractivity contribution in [3.05, 3.63) is 71.8 Å². The SMILES string of the molecule is OP(O)OC(Cc1ccccc1)Cc1ccccc1. The molecule has 100 valence electrons. The third kappa shape index (κ3) is 5.09. The highest BCUT2D eigenvalue weighted by Crippen LogP contribution is 2.29. The van der Waals surface area contributed by atoms with Crippen molar-refractivity contribution in [3.63, 3.8) is 0 Å². The normalized spacial score (nSPS) is 11.2. The molecular weight excluding hydrogens is 259 g/mol. The minimum Gasteiger partial charge on any atom is -0.328 e. The maximum atomic E-state index is 9.08. The van der Waals surface area contributed by atoms with E-state index in [9.17, 15) is 0 Å². The van der Waals surface area contributed by atoms with Crippen molar-refractivity contribution in [2.75, 3.05) is 0 Å². The Labute approximate surface area is 114 Å². The molecule has 0 unspecified atom stereocenters. The van der Waals surface area contributed by atoms with Crippen molar-refractivity contribution in [1.29, 1.82) is 0 Å². The lowest BCUT2D eigenvalue weighted by Gasteiger charge is -2.18. The summed E-state index contributed by atoms with van der Waals surface area (Å²) in [5, 5.41) is 0. The van der Waals surface area contributed by atoms with Gasteiger partial charge in [-0.3, -0.25) is 0 Å². The van der Waals surface area contributed by atoms with Crippen LogP contribution >= 0.6 is 8.60 Å². The molecule has 0 amide bonds. The highest BCUT2D eigenvalue weighted by molar-refractivity contribution is 7.39. The molecule has 0 bridgehead atoms. The van der Waals surface area contributed by atoms with Crippen molar-refractivity contribution in [2.45, 2.75) is 18.9 Å². The van der Waals surface area contributed by atoms with Crippen LogP contribution in [-0.2, 0) is 17.4 Å². The molecule has 0 radical (unpaired) electrons.